The van der Waals surface area contributed by atoms with E-state index in [9.17, 15) is 4.79 Å². The molecule has 0 unspecified atom stereocenters. The van der Waals surface area contributed by atoms with Gasteiger partial charge in [-0.25, -0.2) is 4.98 Å². The van der Waals surface area contributed by atoms with Crippen LogP contribution in [0.2, 0.25) is 10.0 Å². The summed E-state index contributed by atoms with van der Waals surface area (Å²) in [6, 6.07) is 18.6. The van der Waals surface area contributed by atoms with Gasteiger partial charge in [0.1, 0.15) is 24.7 Å². The second-order valence-corrected chi connectivity index (χ2v) is 8.11. The molecule has 0 fully saturated rings. The van der Waals surface area contributed by atoms with E-state index in [-0.39, 0.29) is 19.1 Å². The molecular weight excluding hydrogens is 433 g/mol. The normalized spacial score (nSPS) is 11.0. The monoisotopic (exact) mass is 453 g/mol. The number of aromatic nitrogens is 2. The molecule has 0 aliphatic rings. The Morgan fingerprint density at radius 1 is 1.06 bits per heavy atom. The summed E-state index contributed by atoms with van der Waals surface area (Å²) < 4.78 is 7.74. The molecular formula is C24H21Cl2N3O2. The van der Waals surface area contributed by atoms with Crippen LogP contribution >= 0.6 is 23.2 Å². The van der Waals surface area contributed by atoms with Gasteiger partial charge >= 0.3 is 0 Å². The lowest BCUT2D eigenvalue weighted by molar-refractivity contribution is -0.116. The molecule has 5 nitrogen and oxygen atoms in total. The van der Waals surface area contributed by atoms with Gasteiger partial charge in [-0.3, -0.25) is 4.79 Å². The van der Waals surface area contributed by atoms with Crippen molar-refractivity contribution in [1.29, 1.82) is 0 Å². The fraction of sp³-hybridized carbons (Fsp3) is 0.167. The lowest BCUT2D eigenvalue weighted by atomic mass is 10.1. The van der Waals surface area contributed by atoms with Gasteiger partial charge in [-0.2, -0.15) is 0 Å². The number of para-hydroxylation sites is 2. The Balaban J connectivity index is 1.59. The first-order chi connectivity index (χ1) is 14.9. The van der Waals surface area contributed by atoms with Gasteiger partial charge in [-0.05, 0) is 61.4 Å². The van der Waals surface area contributed by atoms with Gasteiger partial charge in [0.15, 0.2) is 0 Å². The average Bonchev–Trinajstić information content (AvgIpc) is 3.08. The highest BCUT2D eigenvalue weighted by atomic mass is 35.5. The van der Waals surface area contributed by atoms with Gasteiger partial charge in [0.2, 0.25) is 5.91 Å². The number of imidazole rings is 1. The zero-order valence-electron chi connectivity index (χ0n) is 17.2. The van der Waals surface area contributed by atoms with Crippen molar-refractivity contribution in [3.63, 3.8) is 0 Å². The lowest BCUT2D eigenvalue weighted by Crippen LogP contribution is -2.21. The first-order valence-electron chi connectivity index (χ1n) is 9.80. The zero-order valence-corrected chi connectivity index (χ0v) is 18.7. The third-order valence-corrected chi connectivity index (χ3v) is 5.70. The number of nitrogens with zero attached hydrogens (tertiary/aromatic N) is 2. The number of carbonyl (C=O) groups is 1. The number of fused-ring (bicyclic) bond motifs is 1. The van der Waals surface area contributed by atoms with E-state index >= 15 is 0 Å². The van der Waals surface area contributed by atoms with Crippen LogP contribution in [0.4, 0.5) is 5.69 Å². The summed E-state index contributed by atoms with van der Waals surface area (Å²) in [6.45, 7) is 4.28. The minimum absolute atomic E-state index is 0.112. The van der Waals surface area contributed by atoms with Crippen LogP contribution in [0.1, 0.15) is 17.0 Å². The molecule has 0 bridgehead atoms. The van der Waals surface area contributed by atoms with Crippen LogP contribution in [0.3, 0.4) is 0 Å². The highest BCUT2D eigenvalue weighted by Crippen LogP contribution is 2.28. The fourth-order valence-electron chi connectivity index (χ4n) is 3.37. The summed E-state index contributed by atoms with van der Waals surface area (Å²) in [6.07, 6.45) is 0. The van der Waals surface area contributed by atoms with E-state index in [1.54, 1.807) is 18.2 Å². The fourth-order valence-corrected chi connectivity index (χ4v) is 3.83. The number of hydrogen-bond donors (Lipinski definition) is 1. The lowest BCUT2D eigenvalue weighted by Gasteiger charge is -2.13. The topological polar surface area (TPSA) is 56.2 Å². The predicted molar refractivity (Wildman–Crippen MR) is 125 cm³/mol. The Bertz CT molecular complexity index is 1270. The van der Waals surface area contributed by atoms with Crippen LogP contribution in [-0.2, 0) is 17.9 Å². The number of ether oxygens (including phenoxy) is 1. The molecule has 4 aromatic rings. The molecule has 1 amide bonds. The molecule has 0 saturated heterocycles. The third-order valence-electron chi connectivity index (χ3n) is 5.16. The molecule has 0 aliphatic heterocycles. The van der Waals surface area contributed by atoms with E-state index in [2.05, 4.69) is 10.3 Å². The summed E-state index contributed by atoms with van der Waals surface area (Å²) in [4.78, 5) is 17.5. The van der Waals surface area contributed by atoms with Crippen LogP contribution in [0.25, 0.3) is 11.0 Å². The van der Waals surface area contributed by atoms with Crippen LogP contribution < -0.4 is 10.1 Å². The van der Waals surface area contributed by atoms with Gasteiger partial charge < -0.3 is 14.6 Å². The van der Waals surface area contributed by atoms with E-state index in [1.165, 1.54) is 0 Å². The van der Waals surface area contributed by atoms with E-state index in [1.807, 2.05) is 60.9 Å². The standard InChI is InChI=1S/C24H21Cl2N3O2/c1-15-6-5-8-19(16(15)2)28-24(30)13-29-21-9-4-3-7-20(21)27-23(29)14-31-22-11-10-17(25)12-18(22)26/h3-12H,13-14H2,1-2H3,(H,28,30). The van der Waals surface area contributed by atoms with E-state index in [0.717, 1.165) is 27.8 Å². The second kappa shape index (κ2) is 9.00. The first kappa shape index (κ1) is 21.2. The Labute approximate surface area is 190 Å². The smallest absolute Gasteiger partial charge is 0.244 e. The second-order valence-electron chi connectivity index (χ2n) is 7.26. The SMILES string of the molecule is Cc1cccc(NC(=O)Cn2c(COc3ccc(Cl)cc3Cl)nc3ccccc32)c1C. The molecule has 0 atom stereocenters. The minimum Gasteiger partial charge on any atom is -0.484 e. The number of carbonyl (C=O) groups excluding carboxylic acids is 1. The van der Waals surface area contributed by atoms with Crippen molar-refractivity contribution in [3.8, 4) is 5.75 Å². The van der Waals surface area contributed by atoms with Crippen LogP contribution in [-0.4, -0.2) is 15.5 Å². The van der Waals surface area contributed by atoms with Gasteiger partial charge in [0.25, 0.3) is 0 Å². The highest BCUT2D eigenvalue weighted by molar-refractivity contribution is 6.35. The molecule has 7 heteroatoms. The van der Waals surface area contributed by atoms with E-state index in [4.69, 9.17) is 27.9 Å². The van der Waals surface area contributed by atoms with Crippen LogP contribution in [0, 0.1) is 13.8 Å². The summed E-state index contributed by atoms with van der Waals surface area (Å²) in [5.41, 5.74) is 4.63. The van der Waals surface area contributed by atoms with E-state index in [0.29, 0.717) is 21.6 Å². The molecule has 31 heavy (non-hydrogen) atoms. The average molecular weight is 454 g/mol. The Kier molecular flexibility index (Phi) is 6.16. The van der Waals surface area contributed by atoms with Crippen LogP contribution in [0.5, 0.6) is 5.75 Å². The minimum atomic E-state index is -0.136. The van der Waals surface area contributed by atoms with Crippen molar-refractivity contribution in [2.45, 2.75) is 27.0 Å². The molecule has 1 heterocycles. The number of rotatable bonds is 6. The molecule has 0 spiro atoms. The largest absolute Gasteiger partial charge is 0.484 e. The summed E-state index contributed by atoms with van der Waals surface area (Å²) in [5.74, 6) is 0.996. The predicted octanol–water partition coefficient (Wildman–Crippen LogP) is 6.18. The molecule has 1 aromatic heterocycles. The number of benzene rings is 3. The van der Waals surface area contributed by atoms with Gasteiger partial charge in [0, 0.05) is 10.7 Å². The quantitative estimate of drug-likeness (QED) is 0.379. The summed E-state index contributed by atoms with van der Waals surface area (Å²) in [5, 5.41) is 3.96. The Morgan fingerprint density at radius 2 is 1.87 bits per heavy atom. The number of amides is 1. The molecule has 0 aliphatic carbocycles. The van der Waals surface area contributed by atoms with Crippen LogP contribution in [0.15, 0.2) is 60.7 Å². The molecule has 4 rings (SSSR count). The maximum atomic E-state index is 12.9. The summed E-state index contributed by atoms with van der Waals surface area (Å²) >= 11 is 12.2. The molecule has 3 aromatic carbocycles. The molecule has 0 saturated carbocycles. The van der Waals surface area contributed by atoms with Crippen molar-refractivity contribution in [2.24, 2.45) is 0 Å². The van der Waals surface area contributed by atoms with Crippen molar-refractivity contribution < 1.29 is 9.53 Å². The number of hydrogen-bond acceptors (Lipinski definition) is 3. The maximum absolute atomic E-state index is 12.9. The molecule has 0 radical (unpaired) electrons. The zero-order chi connectivity index (χ0) is 22.0. The van der Waals surface area contributed by atoms with Gasteiger partial charge in [-0.1, -0.05) is 47.5 Å². The molecule has 1 N–H and O–H groups in total. The van der Waals surface area contributed by atoms with Gasteiger partial charge in [0.05, 0.1) is 16.1 Å². The number of anilines is 1. The van der Waals surface area contributed by atoms with Crippen molar-refractivity contribution in [1.82, 2.24) is 9.55 Å². The maximum Gasteiger partial charge on any atom is 0.244 e. The third kappa shape index (κ3) is 4.68. The van der Waals surface area contributed by atoms with Crippen molar-refractivity contribution in [3.05, 3.63) is 87.7 Å². The summed E-state index contributed by atoms with van der Waals surface area (Å²) in [7, 11) is 0. The number of halogens is 2. The highest BCUT2D eigenvalue weighted by Gasteiger charge is 2.16. The molecule has 158 valence electrons. The Hall–Kier alpha value is -3.02. The number of aryl methyl sites for hydroxylation is 1. The van der Waals surface area contributed by atoms with E-state index < -0.39 is 0 Å². The van der Waals surface area contributed by atoms with Gasteiger partial charge in [-0.15, -0.1) is 0 Å². The number of nitrogens with one attached hydrogen (secondary N) is 1. The Morgan fingerprint density at radius 3 is 2.68 bits per heavy atom. The van der Waals surface area contributed by atoms with Crippen molar-refractivity contribution in [2.75, 3.05) is 5.32 Å². The first-order valence-corrected chi connectivity index (χ1v) is 10.6. The van der Waals surface area contributed by atoms with Crippen molar-refractivity contribution >= 4 is 45.8 Å².